The number of rotatable bonds is 4. The van der Waals surface area contributed by atoms with E-state index in [1.165, 1.54) is 0 Å². The van der Waals surface area contributed by atoms with Gasteiger partial charge in [-0.2, -0.15) is 0 Å². The van der Waals surface area contributed by atoms with Crippen LogP contribution in [0.3, 0.4) is 0 Å². The van der Waals surface area contributed by atoms with Crippen molar-refractivity contribution in [2.24, 2.45) is 17.8 Å². The highest BCUT2D eigenvalue weighted by molar-refractivity contribution is 5.94. The van der Waals surface area contributed by atoms with Crippen LogP contribution >= 0.6 is 0 Å². The van der Waals surface area contributed by atoms with Gasteiger partial charge in [0.15, 0.2) is 0 Å². The SMILES string of the molecule is O=C(NCC#CC(=O)N1CC2CCC(C1)C2C(=O)O)OCC1c2ccccc2-c2ccccc21. The predicted octanol–water partition coefficient (Wildman–Crippen LogP) is 3.10. The van der Waals surface area contributed by atoms with Gasteiger partial charge in [-0.15, -0.1) is 0 Å². The molecule has 0 radical (unpaired) electrons. The molecular formula is C27H26N2O5. The number of carbonyl (C=O) groups excluding carboxylic acids is 2. The second-order valence-electron chi connectivity index (χ2n) is 9.15. The van der Waals surface area contributed by atoms with Gasteiger partial charge in [-0.05, 0) is 52.9 Å². The maximum absolute atomic E-state index is 12.4. The van der Waals surface area contributed by atoms with Gasteiger partial charge in [0.25, 0.3) is 5.91 Å². The van der Waals surface area contributed by atoms with Crippen LogP contribution in [-0.2, 0) is 14.3 Å². The molecule has 1 saturated carbocycles. The Bertz CT molecular complexity index is 1140. The Morgan fingerprint density at radius 2 is 1.56 bits per heavy atom. The molecular weight excluding hydrogens is 432 g/mol. The minimum atomic E-state index is -0.766. The normalized spacial score (nSPS) is 22.2. The Balaban J connectivity index is 1.11. The van der Waals surface area contributed by atoms with E-state index in [0.29, 0.717) is 13.1 Å². The summed E-state index contributed by atoms with van der Waals surface area (Å²) < 4.78 is 5.46. The van der Waals surface area contributed by atoms with Gasteiger partial charge in [-0.1, -0.05) is 54.5 Å². The first kappa shape index (κ1) is 22.0. The molecule has 2 aromatic rings. The van der Waals surface area contributed by atoms with Gasteiger partial charge in [0, 0.05) is 19.0 Å². The number of nitrogens with zero attached hydrogens (tertiary/aromatic N) is 1. The van der Waals surface area contributed by atoms with Crippen molar-refractivity contribution < 1.29 is 24.2 Å². The van der Waals surface area contributed by atoms with Crippen LogP contribution < -0.4 is 5.32 Å². The van der Waals surface area contributed by atoms with Crippen molar-refractivity contribution >= 4 is 18.0 Å². The molecule has 174 valence electrons. The van der Waals surface area contributed by atoms with Crippen molar-refractivity contribution in [1.29, 1.82) is 0 Å². The van der Waals surface area contributed by atoms with Crippen molar-refractivity contribution in [3.63, 3.8) is 0 Å². The molecule has 34 heavy (non-hydrogen) atoms. The molecule has 2 atom stereocenters. The summed E-state index contributed by atoms with van der Waals surface area (Å²) in [6, 6.07) is 16.3. The molecule has 2 aliphatic carbocycles. The zero-order valence-electron chi connectivity index (χ0n) is 18.7. The third-order valence-corrected chi connectivity index (χ3v) is 7.27. The molecule has 7 heteroatoms. The van der Waals surface area contributed by atoms with Crippen LogP contribution in [0.2, 0.25) is 0 Å². The van der Waals surface area contributed by atoms with Crippen LogP contribution in [0.4, 0.5) is 4.79 Å². The fourth-order valence-electron chi connectivity index (χ4n) is 5.76. The zero-order chi connectivity index (χ0) is 23.7. The van der Waals surface area contributed by atoms with Gasteiger partial charge in [-0.3, -0.25) is 9.59 Å². The Hall–Kier alpha value is -3.79. The lowest BCUT2D eigenvalue weighted by molar-refractivity contribution is -0.148. The second kappa shape index (κ2) is 9.22. The first-order valence-corrected chi connectivity index (χ1v) is 11.6. The molecule has 0 spiro atoms. The number of carbonyl (C=O) groups is 3. The number of nitrogens with one attached hydrogen (secondary N) is 1. The van der Waals surface area contributed by atoms with Crippen LogP contribution in [-0.4, -0.2) is 54.2 Å². The van der Waals surface area contributed by atoms with Crippen molar-refractivity contribution in [2.45, 2.75) is 18.8 Å². The highest BCUT2D eigenvalue weighted by Gasteiger charge is 2.46. The smallest absolute Gasteiger partial charge is 0.407 e. The molecule has 2 aromatic carbocycles. The van der Waals surface area contributed by atoms with Crippen molar-refractivity contribution in [3.05, 3.63) is 59.7 Å². The molecule has 3 aliphatic rings. The number of likely N-dealkylation sites (tertiary alicyclic amines) is 1. The van der Waals surface area contributed by atoms with Gasteiger partial charge in [0.05, 0.1) is 12.5 Å². The number of piperidine rings is 1. The molecule has 1 aliphatic heterocycles. The highest BCUT2D eigenvalue weighted by Crippen LogP contribution is 2.44. The number of fused-ring (bicyclic) bond motifs is 5. The largest absolute Gasteiger partial charge is 0.481 e. The molecule has 2 N–H and O–H groups in total. The van der Waals surface area contributed by atoms with E-state index in [9.17, 15) is 19.5 Å². The third-order valence-electron chi connectivity index (χ3n) is 7.27. The van der Waals surface area contributed by atoms with E-state index in [1.54, 1.807) is 4.90 Å². The topological polar surface area (TPSA) is 95.9 Å². The van der Waals surface area contributed by atoms with Crippen LogP contribution in [0.15, 0.2) is 48.5 Å². The standard InChI is InChI=1S/C27H26N2O5/c30-24(29-14-17-11-12-18(15-29)25(17)26(31)32)10-5-13-28-27(33)34-16-23-21-8-3-1-6-19(21)20-7-2-4-9-22(20)23/h1-4,6-9,17-18,23,25H,11-16H2,(H,28,33)(H,31,32). The van der Waals surface area contributed by atoms with E-state index in [2.05, 4.69) is 41.4 Å². The second-order valence-corrected chi connectivity index (χ2v) is 9.15. The van der Waals surface area contributed by atoms with Crippen LogP contribution in [0.25, 0.3) is 11.1 Å². The maximum Gasteiger partial charge on any atom is 0.407 e. The van der Waals surface area contributed by atoms with Gasteiger partial charge < -0.3 is 20.1 Å². The summed E-state index contributed by atoms with van der Waals surface area (Å²) >= 11 is 0. The number of aliphatic carboxylic acids is 1. The monoisotopic (exact) mass is 458 g/mol. The average molecular weight is 459 g/mol. The van der Waals surface area contributed by atoms with E-state index >= 15 is 0 Å². The fraction of sp³-hybridized carbons (Fsp3) is 0.370. The summed E-state index contributed by atoms with van der Waals surface area (Å²) in [5, 5.41) is 12.0. The van der Waals surface area contributed by atoms with Gasteiger partial charge >= 0.3 is 12.1 Å². The number of hydrogen-bond acceptors (Lipinski definition) is 4. The van der Waals surface area contributed by atoms with E-state index in [1.807, 2.05) is 24.3 Å². The summed E-state index contributed by atoms with van der Waals surface area (Å²) in [7, 11) is 0. The molecule has 7 nitrogen and oxygen atoms in total. The molecule has 2 amide bonds. The minimum absolute atomic E-state index is 0.000855. The Labute approximate surface area is 198 Å². The van der Waals surface area contributed by atoms with E-state index < -0.39 is 12.1 Å². The molecule has 2 bridgehead atoms. The zero-order valence-corrected chi connectivity index (χ0v) is 18.7. The average Bonchev–Trinajstić information content (AvgIpc) is 3.31. The highest BCUT2D eigenvalue weighted by atomic mass is 16.5. The first-order valence-electron chi connectivity index (χ1n) is 11.6. The predicted molar refractivity (Wildman–Crippen MR) is 125 cm³/mol. The molecule has 0 aromatic heterocycles. The Kier molecular flexibility index (Phi) is 5.97. The summed E-state index contributed by atoms with van der Waals surface area (Å²) in [6.07, 6.45) is 1.09. The van der Waals surface area contributed by atoms with E-state index in [0.717, 1.165) is 35.1 Å². The van der Waals surface area contributed by atoms with E-state index in [4.69, 9.17) is 4.74 Å². The molecule has 1 heterocycles. The van der Waals surface area contributed by atoms with E-state index in [-0.39, 0.29) is 42.7 Å². The molecule has 2 unspecified atom stereocenters. The van der Waals surface area contributed by atoms with Crippen LogP contribution in [0, 0.1) is 29.6 Å². The summed E-state index contributed by atoms with van der Waals surface area (Å²) in [5.41, 5.74) is 4.61. The maximum atomic E-state index is 12.4. The minimum Gasteiger partial charge on any atom is -0.481 e. The van der Waals surface area contributed by atoms with Gasteiger partial charge in [0.2, 0.25) is 0 Å². The lowest BCUT2D eigenvalue weighted by Crippen LogP contribution is -2.46. The Morgan fingerprint density at radius 1 is 0.971 bits per heavy atom. The number of hydrogen-bond donors (Lipinski definition) is 2. The Morgan fingerprint density at radius 3 is 2.15 bits per heavy atom. The van der Waals surface area contributed by atoms with Crippen molar-refractivity contribution in [2.75, 3.05) is 26.2 Å². The number of carboxylic acid groups (broad SMARTS) is 1. The van der Waals surface area contributed by atoms with Gasteiger partial charge in [0.1, 0.15) is 6.61 Å². The van der Waals surface area contributed by atoms with Crippen LogP contribution in [0.1, 0.15) is 29.9 Å². The number of alkyl carbamates (subject to hydrolysis) is 1. The quantitative estimate of drug-likeness (QED) is 0.687. The molecule has 5 rings (SSSR count). The van der Waals surface area contributed by atoms with Gasteiger partial charge in [-0.25, -0.2) is 4.79 Å². The fourth-order valence-corrected chi connectivity index (χ4v) is 5.76. The van der Waals surface area contributed by atoms with Crippen molar-refractivity contribution in [1.82, 2.24) is 10.2 Å². The number of carboxylic acids is 1. The molecule has 1 saturated heterocycles. The van der Waals surface area contributed by atoms with Crippen molar-refractivity contribution in [3.8, 4) is 23.0 Å². The lowest BCUT2D eigenvalue weighted by Gasteiger charge is -2.34. The first-order chi connectivity index (χ1) is 16.5. The number of benzene rings is 2. The summed E-state index contributed by atoms with van der Waals surface area (Å²) in [4.78, 5) is 37.7. The summed E-state index contributed by atoms with van der Waals surface area (Å²) in [6.45, 7) is 1.08. The summed E-state index contributed by atoms with van der Waals surface area (Å²) in [5.74, 6) is 3.79. The third kappa shape index (κ3) is 4.12. The number of amides is 2. The van der Waals surface area contributed by atoms with Crippen LogP contribution in [0.5, 0.6) is 0 Å². The molecule has 2 fully saturated rings. The number of ether oxygens (including phenoxy) is 1. The lowest BCUT2D eigenvalue weighted by atomic mass is 9.85.